The molecule has 1 unspecified atom stereocenters. The zero-order chi connectivity index (χ0) is 5.98. The first-order valence-corrected chi connectivity index (χ1v) is 2.65. The summed E-state index contributed by atoms with van der Waals surface area (Å²) in [5.74, 6) is 0.484. The van der Waals surface area contributed by atoms with Crippen LogP contribution in [0.25, 0.3) is 0 Å². The van der Waals surface area contributed by atoms with Crippen LogP contribution in [0.3, 0.4) is 0 Å². The molecule has 1 aliphatic heterocycles. The van der Waals surface area contributed by atoms with Crippen LogP contribution in [0, 0.1) is 0 Å². The zero-order valence-electron chi connectivity index (χ0n) is 4.76. The minimum absolute atomic E-state index is 0.204. The predicted octanol–water partition coefficient (Wildman–Crippen LogP) is 0.878. The minimum Gasteiger partial charge on any atom is -0.487 e. The summed E-state index contributed by atoms with van der Waals surface area (Å²) in [6.45, 7) is 1.94. The first kappa shape index (κ1) is 5.35. The molecule has 8 heavy (non-hydrogen) atoms. The van der Waals surface area contributed by atoms with Gasteiger partial charge in [-0.05, 0) is 13.0 Å². The van der Waals surface area contributed by atoms with Crippen molar-refractivity contribution in [3.63, 3.8) is 0 Å². The lowest BCUT2D eigenvalue weighted by Crippen LogP contribution is -1.98. The molecule has 1 heterocycles. The van der Waals surface area contributed by atoms with Crippen molar-refractivity contribution in [1.29, 1.82) is 0 Å². The number of aldehydes is 1. The quantitative estimate of drug-likeness (QED) is 0.470. The third-order valence-corrected chi connectivity index (χ3v) is 1.10. The summed E-state index contributed by atoms with van der Waals surface area (Å²) in [5.41, 5.74) is 0. The van der Waals surface area contributed by atoms with Crippen LogP contribution in [0.5, 0.6) is 0 Å². The van der Waals surface area contributed by atoms with Crippen molar-refractivity contribution in [3.05, 3.63) is 11.8 Å². The summed E-state index contributed by atoms with van der Waals surface area (Å²) in [7, 11) is 0. The highest BCUT2D eigenvalue weighted by Crippen LogP contribution is 2.13. The maximum absolute atomic E-state index is 9.96. The summed E-state index contributed by atoms with van der Waals surface area (Å²) in [4.78, 5) is 9.96. The summed E-state index contributed by atoms with van der Waals surface area (Å²) < 4.78 is 5.00. The molecule has 0 fully saturated rings. The van der Waals surface area contributed by atoms with E-state index in [-0.39, 0.29) is 6.10 Å². The van der Waals surface area contributed by atoms with Crippen molar-refractivity contribution >= 4 is 6.29 Å². The number of carbonyl (C=O) groups excluding carboxylic acids is 1. The normalized spacial score (nSPS) is 26.6. The molecule has 0 radical (unpaired) electrons. The number of carbonyl (C=O) groups is 1. The SMILES string of the molecule is CC1CC=C(C=O)O1. The molecule has 0 N–H and O–H groups in total. The first-order chi connectivity index (χ1) is 3.83. The van der Waals surface area contributed by atoms with Gasteiger partial charge in [0.25, 0.3) is 0 Å². The lowest BCUT2D eigenvalue weighted by atomic mass is 10.3. The topological polar surface area (TPSA) is 26.3 Å². The molecule has 2 nitrogen and oxygen atoms in total. The Morgan fingerprint density at radius 2 is 2.75 bits per heavy atom. The Morgan fingerprint density at radius 3 is 3.00 bits per heavy atom. The van der Waals surface area contributed by atoms with Crippen LogP contribution in [-0.4, -0.2) is 12.4 Å². The molecule has 0 aliphatic carbocycles. The molecule has 1 atom stereocenters. The number of allylic oxidation sites excluding steroid dienone is 1. The molecule has 0 bridgehead atoms. The molecule has 0 saturated carbocycles. The molecule has 0 aromatic heterocycles. The molecule has 44 valence electrons. The van der Waals surface area contributed by atoms with Crippen LogP contribution in [0.15, 0.2) is 11.8 Å². The molecular weight excluding hydrogens is 104 g/mol. The van der Waals surface area contributed by atoms with Gasteiger partial charge in [-0.3, -0.25) is 4.79 Å². The Balaban J connectivity index is 2.49. The molecule has 1 aliphatic rings. The third kappa shape index (κ3) is 0.886. The van der Waals surface area contributed by atoms with E-state index in [1.165, 1.54) is 0 Å². The summed E-state index contributed by atoms with van der Waals surface area (Å²) in [6.07, 6.45) is 3.62. The van der Waals surface area contributed by atoms with Gasteiger partial charge in [-0.15, -0.1) is 0 Å². The van der Waals surface area contributed by atoms with Gasteiger partial charge in [-0.2, -0.15) is 0 Å². The molecule has 0 saturated heterocycles. The second-order valence-electron chi connectivity index (χ2n) is 1.89. The monoisotopic (exact) mass is 112 g/mol. The molecule has 0 aromatic rings. The minimum atomic E-state index is 0.204. The van der Waals surface area contributed by atoms with Crippen molar-refractivity contribution in [1.82, 2.24) is 0 Å². The second kappa shape index (κ2) is 1.99. The van der Waals surface area contributed by atoms with Crippen molar-refractivity contribution in [2.75, 3.05) is 0 Å². The van der Waals surface area contributed by atoms with Gasteiger partial charge >= 0.3 is 0 Å². The molecule has 1 rings (SSSR count). The second-order valence-corrected chi connectivity index (χ2v) is 1.89. The maximum Gasteiger partial charge on any atom is 0.184 e. The smallest absolute Gasteiger partial charge is 0.184 e. The van der Waals surface area contributed by atoms with E-state index >= 15 is 0 Å². The van der Waals surface area contributed by atoms with Crippen LogP contribution in [0.1, 0.15) is 13.3 Å². The van der Waals surface area contributed by atoms with Crippen LogP contribution >= 0.6 is 0 Å². The van der Waals surface area contributed by atoms with E-state index < -0.39 is 0 Å². The van der Waals surface area contributed by atoms with E-state index in [1.807, 2.05) is 6.92 Å². The highest BCUT2D eigenvalue weighted by Gasteiger charge is 2.10. The maximum atomic E-state index is 9.96. The number of ether oxygens (including phenoxy) is 1. The van der Waals surface area contributed by atoms with Crippen molar-refractivity contribution < 1.29 is 9.53 Å². The lowest BCUT2D eigenvalue weighted by Gasteiger charge is -2.01. The predicted molar refractivity (Wildman–Crippen MR) is 29.3 cm³/mol. The van der Waals surface area contributed by atoms with E-state index in [0.717, 1.165) is 12.7 Å². The van der Waals surface area contributed by atoms with E-state index in [9.17, 15) is 4.79 Å². The largest absolute Gasteiger partial charge is 0.487 e. The number of hydrogen-bond acceptors (Lipinski definition) is 2. The van der Waals surface area contributed by atoms with E-state index in [4.69, 9.17) is 4.74 Å². The molecule has 0 spiro atoms. The van der Waals surface area contributed by atoms with Gasteiger partial charge < -0.3 is 4.74 Å². The fraction of sp³-hybridized carbons (Fsp3) is 0.500. The molecule has 2 heteroatoms. The Labute approximate surface area is 48.1 Å². The third-order valence-electron chi connectivity index (χ3n) is 1.10. The Kier molecular flexibility index (Phi) is 1.33. The highest BCUT2D eigenvalue weighted by atomic mass is 16.5. The van der Waals surface area contributed by atoms with Crippen molar-refractivity contribution in [2.45, 2.75) is 19.4 Å². The highest BCUT2D eigenvalue weighted by molar-refractivity contribution is 5.70. The summed E-state index contributed by atoms with van der Waals surface area (Å²) in [6, 6.07) is 0. The van der Waals surface area contributed by atoms with Gasteiger partial charge in [-0.25, -0.2) is 0 Å². The van der Waals surface area contributed by atoms with Crippen LogP contribution in [0.4, 0.5) is 0 Å². The first-order valence-electron chi connectivity index (χ1n) is 2.65. The van der Waals surface area contributed by atoms with Gasteiger partial charge in [0.2, 0.25) is 0 Å². The fourth-order valence-corrected chi connectivity index (χ4v) is 0.687. The van der Waals surface area contributed by atoms with Crippen molar-refractivity contribution in [3.8, 4) is 0 Å². The molecule has 0 aromatic carbocycles. The molecular formula is C6H8O2. The Morgan fingerprint density at radius 1 is 2.00 bits per heavy atom. The standard InChI is InChI=1S/C6H8O2/c1-5-2-3-6(4-7)8-5/h3-5H,2H2,1H3. The molecule has 0 amide bonds. The summed E-state index contributed by atoms with van der Waals surface area (Å²) >= 11 is 0. The Bertz CT molecular complexity index is 126. The average molecular weight is 112 g/mol. The van der Waals surface area contributed by atoms with E-state index in [1.54, 1.807) is 6.08 Å². The lowest BCUT2D eigenvalue weighted by molar-refractivity contribution is -0.108. The van der Waals surface area contributed by atoms with Crippen LogP contribution < -0.4 is 0 Å². The Hall–Kier alpha value is -0.790. The van der Waals surface area contributed by atoms with Crippen LogP contribution in [-0.2, 0) is 9.53 Å². The van der Waals surface area contributed by atoms with Crippen molar-refractivity contribution in [2.24, 2.45) is 0 Å². The number of hydrogen-bond donors (Lipinski definition) is 0. The van der Waals surface area contributed by atoms with E-state index in [2.05, 4.69) is 0 Å². The summed E-state index contributed by atoms with van der Waals surface area (Å²) in [5, 5.41) is 0. The van der Waals surface area contributed by atoms with Crippen LogP contribution in [0.2, 0.25) is 0 Å². The van der Waals surface area contributed by atoms with Gasteiger partial charge in [0, 0.05) is 6.42 Å². The number of rotatable bonds is 1. The van der Waals surface area contributed by atoms with Gasteiger partial charge in [0.15, 0.2) is 12.0 Å². The van der Waals surface area contributed by atoms with Gasteiger partial charge in [0.05, 0.1) is 6.10 Å². The van der Waals surface area contributed by atoms with E-state index in [0.29, 0.717) is 5.76 Å². The van der Waals surface area contributed by atoms with Gasteiger partial charge in [-0.1, -0.05) is 0 Å². The fourth-order valence-electron chi connectivity index (χ4n) is 0.687. The zero-order valence-corrected chi connectivity index (χ0v) is 4.76. The average Bonchev–Trinajstić information content (AvgIpc) is 2.14. The van der Waals surface area contributed by atoms with Gasteiger partial charge in [0.1, 0.15) is 0 Å².